The number of aliphatic carboxylic acids is 1. The van der Waals surface area contributed by atoms with E-state index in [9.17, 15) is 19.5 Å². The fourth-order valence-electron chi connectivity index (χ4n) is 4.10. The molecule has 0 bridgehead atoms. The number of ether oxygens (including phenoxy) is 1. The Hall–Kier alpha value is -1.74. The molecule has 2 aromatic rings. The van der Waals surface area contributed by atoms with Gasteiger partial charge in [0, 0.05) is 4.75 Å². The third kappa shape index (κ3) is 3.60. The first-order valence-electron chi connectivity index (χ1n) is 9.42. The quantitative estimate of drug-likeness (QED) is 0.437. The SMILES string of the molecule is CCOc1ccc2ccccc2c1C(=O)N[C@@H]1C(=O)N2[C@@H]1SC(C)(C)[C@H]2C(=O)[O-].[Na+]. The van der Waals surface area contributed by atoms with Crippen LogP contribution in [-0.4, -0.2) is 51.5 Å². The van der Waals surface area contributed by atoms with Gasteiger partial charge in [-0.1, -0.05) is 30.3 Å². The van der Waals surface area contributed by atoms with Gasteiger partial charge in [0.15, 0.2) is 0 Å². The first-order valence-corrected chi connectivity index (χ1v) is 10.3. The number of fused-ring (bicyclic) bond motifs is 2. The Balaban J connectivity index is 0.00000256. The molecule has 3 atom stereocenters. The topological polar surface area (TPSA) is 98.8 Å². The number of carbonyl (C=O) groups excluding carboxylic acids is 3. The van der Waals surface area contributed by atoms with Crippen LogP contribution in [0.1, 0.15) is 31.1 Å². The van der Waals surface area contributed by atoms with Gasteiger partial charge in [-0.2, -0.15) is 0 Å². The average molecular weight is 436 g/mol. The number of thioether (sulfide) groups is 1. The number of rotatable bonds is 5. The number of hydrogen-bond acceptors (Lipinski definition) is 6. The molecule has 7 nitrogen and oxygen atoms in total. The van der Waals surface area contributed by atoms with Crippen LogP contribution in [0.2, 0.25) is 0 Å². The number of carboxylic acid groups (broad SMARTS) is 1. The van der Waals surface area contributed by atoms with E-state index >= 15 is 0 Å². The zero-order valence-corrected chi connectivity index (χ0v) is 20.1. The molecule has 2 amide bonds. The minimum Gasteiger partial charge on any atom is -0.548 e. The van der Waals surface area contributed by atoms with Crippen LogP contribution < -0.4 is 44.7 Å². The number of nitrogens with one attached hydrogen (secondary N) is 1. The third-order valence-electron chi connectivity index (χ3n) is 5.37. The van der Waals surface area contributed by atoms with Crippen molar-refractivity contribution in [3.8, 4) is 5.75 Å². The molecule has 30 heavy (non-hydrogen) atoms. The number of nitrogens with zero attached hydrogens (tertiary/aromatic N) is 1. The smallest absolute Gasteiger partial charge is 0.548 e. The summed E-state index contributed by atoms with van der Waals surface area (Å²) in [6.07, 6.45) is 0. The number of amides is 2. The van der Waals surface area contributed by atoms with E-state index in [1.165, 1.54) is 16.7 Å². The summed E-state index contributed by atoms with van der Waals surface area (Å²) in [5.41, 5.74) is 0.370. The first-order chi connectivity index (χ1) is 13.8. The Morgan fingerprint density at radius 2 is 1.93 bits per heavy atom. The predicted octanol–water partition coefficient (Wildman–Crippen LogP) is -1.85. The van der Waals surface area contributed by atoms with Crippen molar-refractivity contribution in [2.24, 2.45) is 0 Å². The van der Waals surface area contributed by atoms with E-state index in [1.54, 1.807) is 19.9 Å². The summed E-state index contributed by atoms with van der Waals surface area (Å²) in [4.78, 5) is 38.7. The number of β-lactam (4-membered cyclic amide) rings is 1. The van der Waals surface area contributed by atoms with Crippen LogP contribution in [0.4, 0.5) is 0 Å². The molecule has 2 heterocycles. The Morgan fingerprint density at radius 1 is 1.23 bits per heavy atom. The largest absolute Gasteiger partial charge is 1.00 e. The van der Waals surface area contributed by atoms with E-state index in [2.05, 4.69) is 5.32 Å². The van der Waals surface area contributed by atoms with Gasteiger partial charge in [0.2, 0.25) is 5.91 Å². The van der Waals surface area contributed by atoms with Gasteiger partial charge in [-0.25, -0.2) is 0 Å². The molecule has 2 aromatic carbocycles. The van der Waals surface area contributed by atoms with Gasteiger partial charge < -0.3 is 24.9 Å². The molecule has 2 aliphatic heterocycles. The standard InChI is InChI=1S/C21H22N2O5S.Na/c1-4-28-13-10-9-11-7-5-6-8-12(11)14(13)17(24)22-15-18(25)23-16(20(26)27)21(2,3)29-19(15)23;/h5-10,15-16,19H,4H2,1-3H3,(H,22,24)(H,26,27);/q;+1/p-1/t15-,16-,19-;/m1./s1. The van der Waals surface area contributed by atoms with E-state index in [0.29, 0.717) is 17.9 Å². The molecule has 2 saturated heterocycles. The summed E-state index contributed by atoms with van der Waals surface area (Å²) in [7, 11) is 0. The average Bonchev–Trinajstić information content (AvgIpc) is 2.94. The van der Waals surface area contributed by atoms with E-state index in [1.807, 2.05) is 37.3 Å². The maximum Gasteiger partial charge on any atom is 1.00 e. The second kappa shape index (κ2) is 8.42. The van der Waals surface area contributed by atoms with Crippen molar-refractivity contribution in [3.63, 3.8) is 0 Å². The fourth-order valence-corrected chi connectivity index (χ4v) is 5.72. The molecule has 1 N–H and O–H groups in total. The molecule has 0 aromatic heterocycles. The van der Waals surface area contributed by atoms with Crippen LogP contribution in [0.15, 0.2) is 36.4 Å². The van der Waals surface area contributed by atoms with Crippen molar-refractivity contribution < 1.29 is 53.8 Å². The van der Waals surface area contributed by atoms with E-state index in [0.717, 1.165) is 10.8 Å². The molecule has 4 rings (SSSR count). The van der Waals surface area contributed by atoms with Gasteiger partial charge >= 0.3 is 29.6 Å². The molecule has 0 unspecified atom stereocenters. The van der Waals surface area contributed by atoms with Crippen molar-refractivity contribution in [3.05, 3.63) is 42.0 Å². The van der Waals surface area contributed by atoms with Crippen LogP contribution in [-0.2, 0) is 9.59 Å². The fraction of sp³-hybridized carbons (Fsp3) is 0.381. The zero-order chi connectivity index (χ0) is 20.9. The van der Waals surface area contributed by atoms with Gasteiger partial charge in [-0.05, 0) is 37.6 Å². The minimum atomic E-state index is -1.28. The van der Waals surface area contributed by atoms with Crippen LogP contribution in [0.25, 0.3) is 10.8 Å². The summed E-state index contributed by atoms with van der Waals surface area (Å²) >= 11 is 1.36. The second-order valence-electron chi connectivity index (χ2n) is 7.62. The van der Waals surface area contributed by atoms with Gasteiger partial charge in [0.25, 0.3) is 5.91 Å². The van der Waals surface area contributed by atoms with E-state index < -0.39 is 40.0 Å². The van der Waals surface area contributed by atoms with Crippen molar-refractivity contribution >= 4 is 40.3 Å². The molecule has 0 aliphatic carbocycles. The number of carbonyl (C=O) groups is 3. The minimum absolute atomic E-state index is 0. The van der Waals surface area contributed by atoms with Gasteiger partial charge in [0.1, 0.15) is 17.2 Å². The van der Waals surface area contributed by atoms with Gasteiger partial charge in [0.05, 0.1) is 24.2 Å². The maximum absolute atomic E-state index is 13.2. The van der Waals surface area contributed by atoms with Gasteiger partial charge in [-0.15, -0.1) is 11.8 Å². The molecule has 2 aliphatic rings. The summed E-state index contributed by atoms with van der Waals surface area (Å²) in [6.45, 7) is 5.76. The van der Waals surface area contributed by atoms with Crippen LogP contribution in [0.5, 0.6) is 5.75 Å². The molecule has 9 heteroatoms. The second-order valence-corrected chi connectivity index (χ2v) is 9.39. The van der Waals surface area contributed by atoms with Crippen molar-refractivity contribution in [1.82, 2.24) is 10.2 Å². The molecule has 152 valence electrons. The Kier molecular flexibility index (Phi) is 6.43. The summed E-state index contributed by atoms with van der Waals surface area (Å²) < 4.78 is 4.95. The van der Waals surface area contributed by atoms with Gasteiger partial charge in [-0.3, -0.25) is 9.59 Å². The Labute approximate surface area is 200 Å². The monoisotopic (exact) mass is 436 g/mol. The first kappa shape index (κ1) is 22.9. The summed E-state index contributed by atoms with van der Waals surface area (Å²) in [6, 6.07) is 9.28. The van der Waals surface area contributed by atoms with Crippen LogP contribution >= 0.6 is 11.8 Å². The molecular formula is C21H21N2NaO5S. The predicted molar refractivity (Wildman–Crippen MR) is 107 cm³/mol. The van der Waals surface area contributed by atoms with Crippen LogP contribution in [0.3, 0.4) is 0 Å². The van der Waals surface area contributed by atoms with Crippen molar-refractivity contribution in [2.75, 3.05) is 6.61 Å². The summed E-state index contributed by atoms with van der Waals surface area (Å²) in [5.74, 6) is -1.66. The molecule has 0 radical (unpaired) electrons. The van der Waals surface area contributed by atoms with E-state index in [-0.39, 0.29) is 29.6 Å². The summed E-state index contributed by atoms with van der Waals surface area (Å²) in [5, 5.41) is 15.5. The molecular weight excluding hydrogens is 415 g/mol. The van der Waals surface area contributed by atoms with Crippen molar-refractivity contribution in [2.45, 2.75) is 43.0 Å². The maximum atomic E-state index is 13.2. The Bertz CT molecular complexity index is 1030. The molecule has 0 spiro atoms. The molecule has 0 saturated carbocycles. The third-order valence-corrected chi connectivity index (χ3v) is 6.94. The number of benzene rings is 2. The molecule has 2 fully saturated rings. The van der Waals surface area contributed by atoms with E-state index in [4.69, 9.17) is 4.74 Å². The van der Waals surface area contributed by atoms with Crippen molar-refractivity contribution in [1.29, 1.82) is 0 Å². The van der Waals surface area contributed by atoms with Crippen LogP contribution in [0, 0.1) is 0 Å². The number of hydrogen-bond donors (Lipinski definition) is 1. The Morgan fingerprint density at radius 3 is 2.60 bits per heavy atom. The normalized spacial score (nSPS) is 23.9. The number of carboxylic acids is 1. The zero-order valence-electron chi connectivity index (χ0n) is 17.3.